The molecule has 0 heterocycles. The maximum atomic E-state index is 12.9. The van der Waals surface area contributed by atoms with E-state index in [1.807, 2.05) is 0 Å². The van der Waals surface area contributed by atoms with Crippen LogP contribution in [0.5, 0.6) is 0 Å². The molecule has 170 valence electrons. The lowest BCUT2D eigenvalue weighted by molar-refractivity contribution is -0.138. The lowest BCUT2D eigenvalue weighted by Gasteiger charge is -2.27. The molecule has 32 heavy (non-hydrogen) atoms. The van der Waals surface area contributed by atoms with Crippen LogP contribution in [0.15, 0.2) is 72.8 Å². The van der Waals surface area contributed by atoms with Gasteiger partial charge in [0.1, 0.15) is 0 Å². The van der Waals surface area contributed by atoms with Gasteiger partial charge < -0.3 is 0 Å². The third-order valence-electron chi connectivity index (χ3n) is 4.83. The molecule has 0 spiro atoms. The van der Waals surface area contributed by atoms with Gasteiger partial charge >= 0.3 is 18.5 Å². The summed E-state index contributed by atoms with van der Waals surface area (Å²) in [5.41, 5.74) is -2.89. The Balaban J connectivity index is 2.17. The van der Waals surface area contributed by atoms with Gasteiger partial charge in [-0.25, -0.2) is 0 Å². The predicted molar refractivity (Wildman–Crippen MR) is 105 cm³/mol. The molecular weight excluding hydrogens is 487 g/mol. The summed E-state index contributed by atoms with van der Waals surface area (Å²) in [7, 11) is -3.75. The molecule has 0 unspecified atom stereocenters. The van der Waals surface area contributed by atoms with E-state index >= 15 is 0 Å². The topological polar surface area (TPSA) is 0 Å². The molecule has 0 radical (unpaired) electrons. The van der Waals surface area contributed by atoms with E-state index in [0.717, 1.165) is 72.8 Å². The third-order valence-corrected chi connectivity index (χ3v) is 10.2. The fraction of sp³-hybridized carbons (Fsp3) is 0.143. The van der Waals surface area contributed by atoms with E-state index in [4.69, 9.17) is 11.1 Å². The van der Waals surface area contributed by atoms with Crippen molar-refractivity contribution in [2.75, 3.05) is 0 Å². The average Bonchev–Trinajstić information content (AvgIpc) is 2.71. The Morgan fingerprint density at radius 1 is 0.406 bits per heavy atom. The number of benzene rings is 3. The number of rotatable bonds is 3. The van der Waals surface area contributed by atoms with Crippen LogP contribution in [-0.4, -0.2) is 7.38 Å². The van der Waals surface area contributed by atoms with Gasteiger partial charge in [-0.3, -0.25) is 0 Å². The average molecular weight is 499 g/mol. The molecule has 3 aromatic rings. The summed E-state index contributed by atoms with van der Waals surface area (Å²) in [5, 5.41) is 0.519. The Hall–Kier alpha value is -2.46. The van der Waals surface area contributed by atoms with E-state index in [0.29, 0.717) is 0 Å². The number of halogens is 10. The lowest BCUT2D eigenvalue weighted by Crippen LogP contribution is -2.62. The molecule has 0 fully saturated rings. The van der Waals surface area contributed by atoms with E-state index in [1.165, 1.54) is 0 Å². The zero-order valence-corrected chi connectivity index (χ0v) is 17.5. The van der Waals surface area contributed by atoms with Crippen molar-refractivity contribution in [3.05, 3.63) is 89.5 Å². The minimum Gasteiger partial charge on any atom is -0.166 e. The van der Waals surface area contributed by atoms with Gasteiger partial charge in [0.2, 0.25) is 7.38 Å². The summed E-state index contributed by atoms with van der Waals surface area (Å²) >= 11 is 6.91. The Kier molecular flexibility index (Phi) is 6.16. The quantitative estimate of drug-likeness (QED) is 0.181. The molecule has 0 bridgehead atoms. The zero-order valence-electron chi connectivity index (χ0n) is 15.7. The second-order valence-corrected chi connectivity index (χ2v) is 11.6. The highest BCUT2D eigenvalue weighted by Gasteiger charge is 2.41. The van der Waals surface area contributed by atoms with Crippen molar-refractivity contribution in [2.45, 2.75) is 18.5 Å². The first kappa shape index (κ1) is 24.2. The fourth-order valence-corrected chi connectivity index (χ4v) is 7.18. The number of hydrogen-bond donors (Lipinski definition) is 0. The van der Waals surface area contributed by atoms with E-state index in [9.17, 15) is 39.5 Å². The second kappa shape index (κ2) is 8.15. The third kappa shape index (κ3) is 4.80. The van der Waals surface area contributed by atoms with E-state index in [2.05, 4.69) is 0 Å². The van der Waals surface area contributed by atoms with Gasteiger partial charge in [-0.2, -0.15) is 39.5 Å². The van der Waals surface area contributed by atoms with Crippen molar-refractivity contribution in [2.24, 2.45) is 0 Å². The number of alkyl halides is 9. The zero-order chi connectivity index (χ0) is 23.9. The molecule has 3 aromatic carbocycles. The minimum absolute atomic E-state index is 0.173. The highest BCUT2D eigenvalue weighted by atomic mass is 35.6. The highest BCUT2D eigenvalue weighted by Crippen LogP contribution is 2.31. The Morgan fingerprint density at radius 3 is 0.750 bits per heavy atom. The molecule has 0 aromatic heterocycles. The predicted octanol–water partition coefficient (Wildman–Crippen LogP) is 5.95. The van der Waals surface area contributed by atoms with E-state index < -0.39 is 42.6 Å². The van der Waals surface area contributed by atoms with Crippen LogP contribution in [0.1, 0.15) is 16.7 Å². The van der Waals surface area contributed by atoms with Crippen molar-refractivity contribution >= 4 is 34.0 Å². The fourth-order valence-electron chi connectivity index (χ4n) is 3.17. The molecule has 0 atom stereocenters. The van der Waals surface area contributed by atoms with Gasteiger partial charge in [0.15, 0.2) is 0 Å². The normalized spacial score (nSPS) is 13.3. The smallest absolute Gasteiger partial charge is 0.166 e. The van der Waals surface area contributed by atoms with Gasteiger partial charge in [0.25, 0.3) is 0 Å². The van der Waals surface area contributed by atoms with Gasteiger partial charge in [-0.15, -0.1) is 11.1 Å². The first-order valence-corrected chi connectivity index (χ1v) is 11.9. The molecule has 0 N–H and O–H groups in total. The van der Waals surface area contributed by atoms with Crippen LogP contribution in [0.3, 0.4) is 0 Å². The van der Waals surface area contributed by atoms with Crippen LogP contribution in [-0.2, 0) is 18.5 Å². The van der Waals surface area contributed by atoms with Crippen molar-refractivity contribution in [1.29, 1.82) is 0 Å². The Bertz CT molecular complexity index is 926. The summed E-state index contributed by atoms with van der Waals surface area (Å²) in [6.45, 7) is 0. The van der Waals surface area contributed by atoms with Crippen LogP contribution in [0.25, 0.3) is 0 Å². The molecule has 0 saturated heterocycles. The van der Waals surface area contributed by atoms with Crippen LogP contribution in [0.4, 0.5) is 39.5 Å². The standard InChI is InChI=1S/C21H12ClF9Si/c22-32(16-7-1-13(2-8-16)19(23,24)25,17-9-3-14(4-10-17)20(26,27)28)18-11-5-15(6-12-18)21(29,30)31/h1-12H. The van der Waals surface area contributed by atoms with Crippen molar-refractivity contribution in [3.63, 3.8) is 0 Å². The van der Waals surface area contributed by atoms with Crippen molar-refractivity contribution in [3.8, 4) is 0 Å². The van der Waals surface area contributed by atoms with Gasteiger partial charge in [0.05, 0.1) is 16.7 Å². The minimum atomic E-state index is -4.63. The molecule has 0 aliphatic heterocycles. The number of hydrogen-bond acceptors (Lipinski definition) is 0. The van der Waals surface area contributed by atoms with Gasteiger partial charge in [-0.05, 0) is 15.6 Å². The highest BCUT2D eigenvalue weighted by molar-refractivity contribution is 7.40. The monoisotopic (exact) mass is 498 g/mol. The maximum absolute atomic E-state index is 12.9. The summed E-state index contributed by atoms with van der Waals surface area (Å²) in [6.07, 6.45) is -13.9. The molecule has 0 saturated carbocycles. The van der Waals surface area contributed by atoms with Gasteiger partial charge in [-0.1, -0.05) is 72.8 Å². The Labute approximate surface area is 182 Å². The molecule has 0 aliphatic carbocycles. The Morgan fingerprint density at radius 2 is 0.594 bits per heavy atom. The molecular formula is C21H12ClF9Si. The van der Waals surface area contributed by atoms with Crippen LogP contribution >= 0.6 is 11.1 Å². The molecule has 0 amide bonds. The summed E-state index contributed by atoms with van der Waals surface area (Å²) in [4.78, 5) is 0. The second-order valence-electron chi connectivity index (χ2n) is 6.88. The van der Waals surface area contributed by atoms with Crippen molar-refractivity contribution < 1.29 is 39.5 Å². The molecule has 3 rings (SSSR count). The lowest BCUT2D eigenvalue weighted by atomic mass is 10.2. The van der Waals surface area contributed by atoms with Crippen LogP contribution < -0.4 is 15.6 Å². The molecule has 0 nitrogen and oxygen atoms in total. The summed E-state index contributed by atoms with van der Waals surface area (Å²) in [6, 6.07) is 11.2. The maximum Gasteiger partial charge on any atom is 0.416 e. The molecule has 11 heteroatoms. The van der Waals surface area contributed by atoms with Gasteiger partial charge in [0, 0.05) is 0 Å². The van der Waals surface area contributed by atoms with Crippen molar-refractivity contribution in [1.82, 2.24) is 0 Å². The summed E-state index contributed by atoms with van der Waals surface area (Å²) < 4.78 is 116. The van der Waals surface area contributed by atoms with Crippen LogP contribution in [0.2, 0.25) is 0 Å². The van der Waals surface area contributed by atoms with E-state index in [1.54, 1.807) is 0 Å². The molecule has 0 aliphatic rings. The SMILES string of the molecule is FC(F)(F)c1ccc([Si](Cl)(c2ccc(C(F)(F)F)cc2)c2ccc(C(F)(F)F)cc2)cc1. The summed E-state index contributed by atoms with van der Waals surface area (Å²) in [5.74, 6) is 0. The van der Waals surface area contributed by atoms with Crippen LogP contribution in [0, 0.1) is 0 Å². The largest absolute Gasteiger partial charge is 0.416 e. The van der Waals surface area contributed by atoms with E-state index in [-0.39, 0.29) is 15.6 Å². The first-order chi connectivity index (χ1) is 14.6. The first-order valence-electron chi connectivity index (χ1n) is 8.85.